The molecule has 0 radical (unpaired) electrons. The molecule has 0 atom stereocenters. The van der Waals surface area contributed by atoms with E-state index in [9.17, 15) is 18.3 Å². The number of fused-ring (bicyclic) bond motifs is 1. The second kappa shape index (κ2) is 4.17. The number of rotatable bonds is 1. The van der Waals surface area contributed by atoms with Gasteiger partial charge < -0.3 is 15.6 Å². The van der Waals surface area contributed by atoms with Gasteiger partial charge in [0.25, 0.3) is 10.1 Å². The van der Waals surface area contributed by atoms with Gasteiger partial charge >= 0.3 is 0 Å². The summed E-state index contributed by atoms with van der Waals surface area (Å²) in [5.41, 5.74) is -0.502. The first-order chi connectivity index (χ1) is 7.39. The van der Waals surface area contributed by atoms with Crippen LogP contribution in [0.3, 0.4) is 0 Å². The van der Waals surface area contributed by atoms with E-state index in [2.05, 4.69) is 4.98 Å². The number of phenolic OH excluding ortho intramolecular Hbond substituents is 1. The monoisotopic (exact) mass is 259 g/mol. The van der Waals surface area contributed by atoms with Crippen molar-refractivity contribution in [1.29, 1.82) is 0 Å². The minimum Gasteiger partial charge on any atom is -0.506 e. The van der Waals surface area contributed by atoms with E-state index in [1.54, 1.807) is 0 Å². The summed E-state index contributed by atoms with van der Waals surface area (Å²) in [6, 6.07) is 4.47. The van der Waals surface area contributed by atoms with Crippen molar-refractivity contribution in [1.82, 2.24) is 4.98 Å². The van der Waals surface area contributed by atoms with Gasteiger partial charge in [-0.15, -0.1) is 0 Å². The first kappa shape index (κ1) is 13.2. The van der Waals surface area contributed by atoms with Crippen molar-refractivity contribution in [2.75, 3.05) is 0 Å². The molecule has 0 bridgehead atoms. The Labute approximate surface area is 95.4 Å². The van der Waals surface area contributed by atoms with E-state index in [1.807, 2.05) is 0 Å². The molecule has 0 spiro atoms. The maximum Gasteiger partial charge on any atom is 0.295 e. The Balaban J connectivity index is 0.00000144. The van der Waals surface area contributed by atoms with Gasteiger partial charge in [0.05, 0.1) is 5.52 Å². The van der Waals surface area contributed by atoms with Crippen molar-refractivity contribution in [2.45, 2.75) is 4.90 Å². The van der Waals surface area contributed by atoms with Gasteiger partial charge in [0.15, 0.2) is 0 Å². The third-order valence-electron chi connectivity index (χ3n) is 2.11. The highest BCUT2D eigenvalue weighted by molar-refractivity contribution is 7.86. The Morgan fingerprint density at radius 1 is 1.12 bits per heavy atom. The molecule has 5 N–H and O–H groups in total. The largest absolute Gasteiger partial charge is 0.506 e. The molecule has 0 unspecified atom stereocenters. The standard InChI is InChI=1S/C9H7NO5S.H2O/c11-6-2-3-7(16(13,14)15)5-1-4-8(12)10-9(5)6;/h1-4,11H,(H,10,12)(H,13,14,15);1H2. The van der Waals surface area contributed by atoms with Crippen LogP contribution in [-0.2, 0) is 10.1 Å². The first-order valence-corrected chi connectivity index (χ1v) is 5.66. The fraction of sp³-hybridized carbons (Fsp3) is 0. The average Bonchev–Trinajstić information content (AvgIpc) is 2.17. The van der Waals surface area contributed by atoms with Gasteiger partial charge in [0.1, 0.15) is 10.6 Å². The van der Waals surface area contributed by atoms with E-state index in [-0.39, 0.29) is 27.0 Å². The summed E-state index contributed by atoms with van der Waals surface area (Å²) in [5.74, 6) is -0.264. The number of nitrogens with one attached hydrogen (secondary N) is 1. The number of aromatic nitrogens is 1. The number of pyridine rings is 1. The second-order valence-corrected chi connectivity index (χ2v) is 4.56. The fourth-order valence-electron chi connectivity index (χ4n) is 1.43. The van der Waals surface area contributed by atoms with Crippen LogP contribution in [0.15, 0.2) is 34.0 Å². The molecular formula is C9H9NO6S. The van der Waals surface area contributed by atoms with Crippen LogP contribution in [-0.4, -0.2) is 28.5 Å². The van der Waals surface area contributed by atoms with Gasteiger partial charge in [-0.05, 0) is 18.2 Å². The Bertz CT molecular complexity index is 718. The average molecular weight is 259 g/mol. The molecule has 0 aliphatic carbocycles. The lowest BCUT2D eigenvalue weighted by Gasteiger charge is -2.04. The van der Waals surface area contributed by atoms with Crippen LogP contribution in [0.5, 0.6) is 5.75 Å². The molecule has 1 heterocycles. The summed E-state index contributed by atoms with van der Waals surface area (Å²) in [4.78, 5) is 12.9. The second-order valence-electron chi connectivity index (χ2n) is 3.17. The molecule has 1 aromatic carbocycles. The van der Waals surface area contributed by atoms with Gasteiger partial charge in [-0.2, -0.15) is 8.42 Å². The molecule has 0 aliphatic heterocycles. The van der Waals surface area contributed by atoms with Crippen molar-refractivity contribution < 1.29 is 23.6 Å². The van der Waals surface area contributed by atoms with Gasteiger partial charge in [-0.25, -0.2) is 0 Å². The molecule has 0 saturated carbocycles. The highest BCUT2D eigenvalue weighted by atomic mass is 32.2. The summed E-state index contributed by atoms with van der Waals surface area (Å²) >= 11 is 0. The molecule has 92 valence electrons. The molecule has 1 aromatic heterocycles. The Morgan fingerprint density at radius 2 is 1.76 bits per heavy atom. The molecule has 0 aliphatic rings. The van der Waals surface area contributed by atoms with E-state index in [4.69, 9.17) is 4.55 Å². The van der Waals surface area contributed by atoms with Gasteiger partial charge in [0.2, 0.25) is 5.56 Å². The van der Waals surface area contributed by atoms with Crippen LogP contribution in [0.1, 0.15) is 0 Å². The zero-order valence-corrected chi connectivity index (χ0v) is 9.15. The van der Waals surface area contributed by atoms with E-state index < -0.39 is 15.7 Å². The SMILES string of the molecule is O.O=c1ccc2c(S(=O)(=O)O)ccc(O)c2[nH]1. The number of hydrogen-bond donors (Lipinski definition) is 3. The van der Waals surface area contributed by atoms with Gasteiger partial charge in [0, 0.05) is 11.5 Å². The Morgan fingerprint density at radius 3 is 2.35 bits per heavy atom. The minimum absolute atomic E-state index is 0. The minimum atomic E-state index is -4.39. The lowest BCUT2D eigenvalue weighted by atomic mass is 10.2. The van der Waals surface area contributed by atoms with Gasteiger partial charge in [-0.1, -0.05) is 0 Å². The number of aromatic amines is 1. The Kier molecular flexibility index (Phi) is 3.23. The highest BCUT2D eigenvalue weighted by Crippen LogP contribution is 2.27. The molecule has 0 amide bonds. The highest BCUT2D eigenvalue weighted by Gasteiger charge is 2.15. The number of benzene rings is 1. The molecule has 0 fully saturated rings. The lowest BCUT2D eigenvalue weighted by molar-refractivity contribution is 0.478. The zero-order chi connectivity index (χ0) is 11.9. The molecule has 17 heavy (non-hydrogen) atoms. The van der Waals surface area contributed by atoms with Crippen LogP contribution in [0.25, 0.3) is 10.9 Å². The number of H-pyrrole nitrogens is 1. The smallest absolute Gasteiger partial charge is 0.295 e. The van der Waals surface area contributed by atoms with Crippen molar-refractivity contribution in [3.8, 4) is 5.75 Å². The number of hydrogen-bond acceptors (Lipinski definition) is 4. The molecule has 2 rings (SSSR count). The normalized spacial score (nSPS) is 11.1. The van der Waals surface area contributed by atoms with Gasteiger partial charge in [-0.3, -0.25) is 9.35 Å². The van der Waals surface area contributed by atoms with E-state index in [0.717, 1.165) is 18.2 Å². The van der Waals surface area contributed by atoms with Crippen LogP contribution in [0.4, 0.5) is 0 Å². The van der Waals surface area contributed by atoms with Crippen LogP contribution in [0, 0.1) is 0 Å². The topological polar surface area (TPSA) is 139 Å². The quantitative estimate of drug-likeness (QED) is 0.601. The lowest BCUT2D eigenvalue weighted by Crippen LogP contribution is -2.05. The molecular weight excluding hydrogens is 250 g/mol. The zero-order valence-electron chi connectivity index (χ0n) is 8.34. The van der Waals surface area contributed by atoms with Crippen molar-refractivity contribution >= 4 is 21.0 Å². The summed E-state index contributed by atoms with van der Waals surface area (Å²) in [6.07, 6.45) is 0. The first-order valence-electron chi connectivity index (χ1n) is 4.22. The number of phenols is 1. The van der Waals surface area contributed by atoms with Crippen LogP contribution < -0.4 is 5.56 Å². The van der Waals surface area contributed by atoms with E-state index >= 15 is 0 Å². The third-order valence-corrected chi connectivity index (χ3v) is 3.02. The molecule has 0 saturated heterocycles. The fourth-order valence-corrected chi connectivity index (χ4v) is 2.12. The predicted molar refractivity (Wildman–Crippen MR) is 59.7 cm³/mol. The molecule has 7 nitrogen and oxygen atoms in total. The summed E-state index contributed by atoms with van der Waals surface area (Å²) < 4.78 is 31.0. The Hall–Kier alpha value is -1.90. The van der Waals surface area contributed by atoms with Crippen LogP contribution >= 0.6 is 0 Å². The summed E-state index contributed by atoms with van der Waals surface area (Å²) in [5, 5.41) is 9.50. The predicted octanol–water partition coefficient (Wildman–Crippen LogP) is -0.344. The third kappa shape index (κ3) is 2.28. The maximum absolute atomic E-state index is 11.0. The van der Waals surface area contributed by atoms with Crippen LogP contribution in [0.2, 0.25) is 0 Å². The van der Waals surface area contributed by atoms with Crippen molar-refractivity contribution in [3.05, 3.63) is 34.6 Å². The molecule has 2 aromatic rings. The van der Waals surface area contributed by atoms with E-state index in [1.165, 1.54) is 6.07 Å². The van der Waals surface area contributed by atoms with E-state index in [0.29, 0.717) is 0 Å². The number of aromatic hydroxyl groups is 1. The summed E-state index contributed by atoms with van der Waals surface area (Å²) in [6.45, 7) is 0. The van der Waals surface area contributed by atoms with Crippen molar-refractivity contribution in [3.63, 3.8) is 0 Å². The molecule has 8 heteroatoms. The maximum atomic E-state index is 11.0. The van der Waals surface area contributed by atoms with Crippen molar-refractivity contribution in [2.24, 2.45) is 0 Å². The summed E-state index contributed by atoms with van der Waals surface area (Å²) in [7, 11) is -4.39.